The zero-order chi connectivity index (χ0) is 14.6. The summed E-state index contributed by atoms with van der Waals surface area (Å²) in [6.07, 6.45) is 1.18. The monoisotopic (exact) mass is 288 g/mol. The third-order valence-electron chi connectivity index (χ3n) is 3.10. The number of hydrogen-bond acceptors (Lipinski definition) is 6. The summed E-state index contributed by atoms with van der Waals surface area (Å²) in [5.41, 5.74) is 3.18. The first-order chi connectivity index (χ1) is 8.85. The molecule has 1 aromatic carbocycles. The van der Waals surface area contributed by atoms with E-state index in [1.165, 1.54) is 20.5 Å². The Balaban J connectivity index is 3.31. The number of nitrogens with two attached hydrogens (primary N) is 1. The lowest BCUT2D eigenvalue weighted by Gasteiger charge is -2.24. The molecule has 0 fully saturated rings. The van der Waals surface area contributed by atoms with Crippen LogP contribution in [0.1, 0.15) is 18.5 Å². The summed E-state index contributed by atoms with van der Waals surface area (Å²) in [6, 6.07) is 4.58. The Morgan fingerprint density at radius 3 is 2.32 bits per heavy atom. The van der Waals surface area contributed by atoms with Gasteiger partial charge in [-0.05, 0) is 25.1 Å². The molecule has 0 spiro atoms. The van der Waals surface area contributed by atoms with Crippen LogP contribution in [0.25, 0.3) is 0 Å². The molecule has 1 rings (SSSR count). The van der Waals surface area contributed by atoms with Gasteiger partial charge >= 0.3 is 0 Å². The lowest BCUT2D eigenvalue weighted by Crippen LogP contribution is -2.39. The summed E-state index contributed by atoms with van der Waals surface area (Å²) < 4.78 is 33.8. The molecule has 0 radical (unpaired) electrons. The second-order valence-corrected chi connectivity index (χ2v) is 6.69. The summed E-state index contributed by atoms with van der Waals surface area (Å²) in [7, 11) is -0.190. The molecule has 7 heteroatoms. The highest BCUT2D eigenvalue weighted by Gasteiger charge is 2.29. The van der Waals surface area contributed by atoms with Crippen LogP contribution in [0.5, 0.6) is 11.5 Å². The van der Waals surface area contributed by atoms with Gasteiger partial charge in [0, 0.05) is 11.8 Å². The van der Waals surface area contributed by atoms with Gasteiger partial charge in [0.1, 0.15) is 11.5 Å². The van der Waals surface area contributed by atoms with Crippen LogP contribution in [0, 0.1) is 0 Å². The summed E-state index contributed by atoms with van der Waals surface area (Å²) >= 11 is 0. The second-order valence-electron chi connectivity index (χ2n) is 4.29. The van der Waals surface area contributed by atoms with Crippen molar-refractivity contribution >= 4 is 9.84 Å². The van der Waals surface area contributed by atoms with Gasteiger partial charge in [-0.2, -0.15) is 0 Å². The highest BCUT2D eigenvalue weighted by Crippen LogP contribution is 2.32. The molecule has 1 aromatic rings. The molecule has 0 amide bonds. The van der Waals surface area contributed by atoms with Crippen LogP contribution in [0.3, 0.4) is 0 Å². The minimum Gasteiger partial charge on any atom is -0.497 e. The highest BCUT2D eigenvalue weighted by molar-refractivity contribution is 7.91. The van der Waals surface area contributed by atoms with Crippen molar-refractivity contribution in [1.82, 2.24) is 5.43 Å². The van der Waals surface area contributed by atoms with E-state index in [4.69, 9.17) is 15.3 Å². The lowest BCUT2D eigenvalue weighted by molar-refractivity contribution is 0.388. The van der Waals surface area contributed by atoms with E-state index in [1.54, 1.807) is 25.1 Å². The van der Waals surface area contributed by atoms with Crippen LogP contribution in [0.2, 0.25) is 0 Å². The van der Waals surface area contributed by atoms with Gasteiger partial charge in [-0.1, -0.05) is 0 Å². The Kier molecular flexibility index (Phi) is 5.16. The number of hydrogen-bond donors (Lipinski definition) is 2. The molecular formula is C12H20N2O4S. The molecule has 2 unspecified atom stereocenters. The number of sulfone groups is 1. The molecule has 0 bridgehead atoms. The average Bonchev–Trinajstić information content (AvgIpc) is 2.38. The Labute approximate surface area is 113 Å². The van der Waals surface area contributed by atoms with E-state index in [0.29, 0.717) is 17.1 Å². The zero-order valence-corrected chi connectivity index (χ0v) is 12.3. The minimum atomic E-state index is -3.25. The third kappa shape index (κ3) is 3.59. The minimum absolute atomic E-state index is 0.555. The molecule has 3 N–H and O–H groups in total. The van der Waals surface area contributed by atoms with Gasteiger partial charge in [0.05, 0.1) is 25.5 Å². The van der Waals surface area contributed by atoms with Crippen molar-refractivity contribution in [2.75, 3.05) is 20.5 Å². The maximum absolute atomic E-state index is 11.7. The predicted molar refractivity (Wildman–Crippen MR) is 73.9 cm³/mol. The second kappa shape index (κ2) is 6.23. The van der Waals surface area contributed by atoms with Crippen LogP contribution < -0.4 is 20.7 Å². The van der Waals surface area contributed by atoms with Crippen LogP contribution >= 0.6 is 0 Å². The number of ether oxygens (including phenoxy) is 2. The van der Waals surface area contributed by atoms with E-state index >= 15 is 0 Å². The molecular weight excluding hydrogens is 268 g/mol. The van der Waals surface area contributed by atoms with Crippen LogP contribution in [0.4, 0.5) is 0 Å². The van der Waals surface area contributed by atoms with Crippen molar-refractivity contribution in [3.05, 3.63) is 23.8 Å². The van der Waals surface area contributed by atoms with E-state index in [2.05, 4.69) is 5.43 Å². The van der Waals surface area contributed by atoms with Gasteiger partial charge in [0.25, 0.3) is 0 Å². The van der Waals surface area contributed by atoms with E-state index < -0.39 is 21.1 Å². The van der Waals surface area contributed by atoms with Gasteiger partial charge in [-0.15, -0.1) is 0 Å². The van der Waals surface area contributed by atoms with E-state index in [1.807, 2.05) is 0 Å². The molecule has 19 heavy (non-hydrogen) atoms. The summed E-state index contributed by atoms with van der Waals surface area (Å²) in [5, 5.41) is -0.696. The van der Waals surface area contributed by atoms with Crippen LogP contribution in [0.15, 0.2) is 18.2 Å². The summed E-state index contributed by atoms with van der Waals surface area (Å²) in [5.74, 6) is 6.67. The van der Waals surface area contributed by atoms with Crippen molar-refractivity contribution in [3.8, 4) is 11.5 Å². The smallest absolute Gasteiger partial charge is 0.151 e. The van der Waals surface area contributed by atoms with E-state index in [-0.39, 0.29) is 0 Å². The van der Waals surface area contributed by atoms with Crippen LogP contribution in [-0.4, -0.2) is 34.1 Å². The maximum Gasteiger partial charge on any atom is 0.151 e. The Morgan fingerprint density at radius 2 is 1.89 bits per heavy atom. The standard InChI is InChI=1S/C12H20N2O4S/c1-8(19(4,15)16)12(14-13)10-7-9(17-2)5-6-11(10)18-3/h5-8,12,14H,13H2,1-4H3. The van der Waals surface area contributed by atoms with E-state index in [9.17, 15) is 8.42 Å². The van der Waals surface area contributed by atoms with Gasteiger partial charge in [0.15, 0.2) is 9.84 Å². The SMILES string of the molecule is COc1ccc(OC)c(C(NN)C(C)S(C)(=O)=O)c1. The fourth-order valence-corrected chi connectivity index (χ4v) is 2.53. The number of benzene rings is 1. The zero-order valence-electron chi connectivity index (χ0n) is 11.5. The van der Waals surface area contributed by atoms with Gasteiger partial charge < -0.3 is 9.47 Å². The van der Waals surface area contributed by atoms with Gasteiger partial charge in [-0.25, -0.2) is 8.42 Å². The first-order valence-corrected chi connectivity index (χ1v) is 7.67. The van der Waals surface area contributed by atoms with Crippen LogP contribution in [-0.2, 0) is 9.84 Å². The van der Waals surface area contributed by atoms with Crippen molar-refractivity contribution in [2.24, 2.45) is 5.84 Å². The van der Waals surface area contributed by atoms with Gasteiger partial charge in [0.2, 0.25) is 0 Å². The summed E-state index contributed by atoms with van der Waals surface area (Å²) in [6.45, 7) is 1.60. The first kappa shape index (κ1) is 15.7. The quantitative estimate of drug-likeness (QED) is 0.590. The molecule has 2 atom stereocenters. The largest absolute Gasteiger partial charge is 0.497 e. The summed E-state index contributed by atoms with van der Waals surface area (Å²) in [4.78, 5) is 0. The number of methoxy groups -OCH3 is 2. The normalized spacial score (nSPS) is 14.8. The molecule has 6 nitrogen and oxygen atoms in total. The molecule has 0 heterocycles. The van der Waals surface area contributed by atoms with E-state index in [0.717, 1.165) is 0 Å². The first-order valence-electron chi connectivity index (χ1n) is 5.72. The Morgan fingerprint density at radius 1 is 1.26 bits per heavy atom. The average molecular weight is 288 g/mol. The number of hydrazine groups is 1. The molecule has 0 saturated carbocycles. The third-order valence-corrected chi connectivity index (χ3v) is 4.72. The predicted octanol–water partition coefficient (Wildman–Crippen LogP) is 0.641. The van der Waals surface area contributed by atoms with Crippen molar-refractivity contribution in [1.29, 1.82) is 0 Å². The van der Waals surface area contributed by atoms with Crippen molar-refractivity contribution in [2.45, 2.75) is 18.2 Å². The fourth-order valence-electron chi connectivity index (χ4n) is 1.81. The molecule has 0 aromatic heterocycles. The molecule has 108 valence electrons. The number of nitrogens with one attached hydrogen (secondary N) is 1. The number of rotatable bonds is 6. The molecule has 0 aliphatic rings. The molecule has 0 aliphatic heterocycles. The highest BCUT2D eigenvalue weighted by atomic mass is 32.2. The fraction of sp³-hybridized carbons (Fsp3) is 0.500. The van der Waals surface area contributed by atoms with Crippen molar-refractivity contribution in [3.63, 3.8) is 0 Å². The topological polar surface area (TPSA) is 90.7 Å². The molecule has 0 saturated heterocycles. The van der Waals surface area contributed by atoms with Crippen molar-refractivity contribution < 1.29 is 17.9 Å². The van der Waals surface area contributed by atoms with Gasteiger partial charge in [-0.3, -0.25) is 11.3 Å². The Bertz CT molecular complexity index is 531. The maximum atomic E-state index is 11.7. The Hall–Kier alpha value is -1.31. The molecule has 0 aliphatic carbocycles. The lowest BCUT2D eigenvalue weighted by atomic mass is 10.0.